The fourth-order valence-corrected chi connectivity index (χ4v) is 2.06. The van der Waals surface area contributed by atoms with Crippen molar-refractivity contribution >= 4 is 6.03 Å². The first-order valence-corrected chi connectivity index (χ1v) is 7.32. The topological polar surface area (TPSA) is 76.4 Å². The molecule has 2 N–H and O–H groups in total. The summed E-state index contributed by atoms with van der Waals surface area (Å²) in [6.07, 6.45) is 3.94. The first-order valence-electron chi connectivity index (χ1n) is 7.32. The number of amides is 2. The van der Waals surface area contributed by atoms with Crippen molar-refractivity contribution in [2.45, 2.75) is 32.9 Å². The summed E-state index contributed by atoms with van der Waals surface area (Å²) in [5, 5.41) is 5.68. The van der Waals surface area contributed by atoms with Gasteiger partial charge in [-0.15, -0.1) is 0 Å². The van der Waals surface area contributed by atoms with Crippen LogP contribution >= 0.6 is 0 Å². The van der Waals surface area contributed by atoms with Crippen LogP contribution in [0.25, 0.3) is 0 Å². The van der Waals surface area contributed by atoms with E-state index >= 15 is 0 Å². The lowest BCUT2D eigenvalue weighted by Gasteiger charge is -2.14. The molecule has 0 aromatic carbocycles. The average molecular weight is 303 g/mol. The number of rotatable bonds is 7. The molecule has 2 rings (SSSR count). The van der Waals surface area contributed by atoms with Gasteiger partial charge >= 0.3 is 6.03 Å². The van der Waals surface area contributed by atoms with Gasteiger partial charge < -0.3 is 19.8 Å². The number of carbonyl (C=O) groups excluding carboxylic acids is 1. The van der Waals surface area contributed by atoms with Gasteiger partial charge in [0.2, 0.25) is 5.88 Å². The van der Waals surface area contributed by atoms with Crippen LogP contribution < -0.4 is 15.4 Å². The molecule has 2 aromatic rings. The van der Waals surface area contributed by atoms with Crippen molar-refractivity contribution in [1.29, 1.82) is 0 Å². The number of aromatic nitrogens is 1. The maximum atomic E-state index is 11.9. The summed E-state index contributed by atoms with van der Waals surface area (Å²) in [7, 11) is 0. The van der Waals surface area contributed by atoms with Crippen molar-refractivity contribution in [3.05, 3.63) is 48.0 Å². The Morgan fingerprint density at radius 2 is 2.27 bits per heavy atom. The SMILES string of the molecule is CCOc1ncccc1CNC(=O)N[C@H](C)Cc1ccco1. The number of urea groups is 1. The fraction of sp³-hybridized carbons (Fsp3) is 0.375. The van der Waals surface area contributed by atoms with Gasteiger partial charge in [0.15, 0.2) is 0 Å². The van der Waals surface area contributed by atoms with Gasteiger partial charge in [-0.2, -0.15) is 0 Å². The van der Waals surface area contributed by atoms with Crippen LogP contribution in [0, 0.1) is 0 Å². The zero-order valence-corrected chi connectivity index (χ0v) is 12.8. The van der Waals surface area contributed by atoms with Gasteiger partial charge in [-0.25, -0.2) is 9.78 Å². The van der Waals surface area contributed by atoms with E-state index in [1.807, 2.05) is 38.1 Å². The van der Waals surface area contributed by atoms with Gasteiger partial charge in [0.1, 0.15) is 5.76 Å². The third-order valence-electron chi connectivity index (χ3n) is 3.04. The molecule has 2 heterocycles. The molecule has 0 fully saturated rings. The van der Waals surface area contributed by atoms with Gasteiger partial charge in [-0.1, -0.05) is 6.07 Å². The van der Waals surface area contributed by atoms with Crippen molar-refractivity contribution in [1.82, 2.24) is 15.6 Å². The van der Waals surface area contributed by atoms with Crippen LogP contribution in [0.15, 0.2) is 41.1 Å². The zero-order valence-electron chi connectivity index (χ0n) is 12.8. The first-order chi connectivity index (χ1) is 10.7. The highest BCUT2D eigenvalue weighted by atomic mass is 16.5. The minimum atomic E-state index is -0.231. The summed E-state index contributed by atoms with van der Waals surface area (Å²) in [6.45, 7) is 4.73. The predicted octanol–water partition coefficient (Wildman–Crippen LogP) is 2.50. The predicted molar refractivity (Wildman–Crippen MR) is 82.7 cm³/mol. The van der Waals surface area contributed by atoms with Crippen LogP contribution in [0.5, 0.6) is 5.88 Å². The molecule has 0 radical (unpaired) electrons. The number of hydrogen-bond donors (Lipinski definition) is 2. The van der Waals surface area contributed by atoms with Crippen molar-refractivity contribution in [2.24, 2.45) is 0 Å². The normalized spacial score (nSPS) is 11.7. The third-order valence-corrected chi connectivity index (χ3v) is 3.04. The van der Waals surface area contributed by atoms with E-state index in [2.05, 4.69) is 15.6 Å². The smallest absolute Gasteiger partial charge is 0.315 e. The molecule has 0 saturated heterocycles. The zero-order chi connectivity index (χ0) is 15.8. The number of nitrogens with zero attached hydrogens (tertiary/aromatic N) is 1. The molecule has 22 heavy (non-hydrogen) atoms. The Balaban J connectivity index is 1.80. The van der Waals surface area contributed by atoms with E-state index in [0.717, 1.165) is 11.3 Å². The van der Waals surface area contributed by atoms with Crippen LogP contribution in [0.2, 0.25) is 0 Å². The molecule has 0 saturated carbocycles. The molecule has 6 heteroatoms. The van der Waals surface area contributed by atoms with Crippen LogP contribution in [0.1, 0.15) is 25.2 Å². The van der Waals surface area contributed by atoms with Crippen LogP contribution in [-0.2, 0) is 13.0 Å². The molecule has 0 aliphatic carbocycles. The quantitative estimate of drug-likeness (QED) is 0.824. The molecule has 0 aliphatic rings. The highest BCUT2D eigenvalue weighted by Gasteiger charge is 2.10. The highest BCUT2D eigenvalue weighted by molar-refractivity contribution is 5.74. The fourth-order valence-electron chi connectivity index (χ4n) is 2.06. The van der Waals surface area contributed by atoms with Crippen LogP contribution in [0.4, 0.5) is 4.79 Å². The Morgan fingerprint density at radius 1 is 1.41 bits per heavy atom. The minimum Gasteiger partial charge on any atom is -0.478 e. The molecule has 0 aliphatic heterocycles. The Bertz CT molecular complexity index is 584. The van der Waals surface area contributed by atoms with Crippen molar-refractivity contribution in [2.75, 3.05) is 6.61 Å². The molecular weight excluding hydrogens is 282 g/mol. The molecule has 2 amide bonds. The lowest BCUT2D eigenvalue weighted by molar-refractivity contribution is 0.236. The minimum absolute atomic E-state index is 0.0218. The van der Waals surface area contributed by atoms with E-state index in [-0.39, 0.29) is 12.1 Å². The van der Waals surface area contributed by atoms with E-state index in [1.54, 1.807) is 12.5 Å². The Hall–Kier alpha value is -2.50. The number of nitrogens with one attached hydrogen (secondary N) is 2. The van der Waals surface area contributed by atoms with Crippen molar-refractivity contribution in [3.8, 4) is 5.88 Å². The lowest BCUT2D eigenvalue weighted by atomic mass is 10.2. The summed E-state index contributed by atoms with van der Waals surface area (Å²) in [5.74, 6) is 1.40. The maximum Gasteiger partial charge on any atom is 0.315 e. The molecule has 0 unspecified atom stereocenters. The molecule has 6 nitrogen and oxygen atoms in total. The van der Waals surface area contributed by atoms with Crippen molar-refractivity contribution < 1.29 is 13.9 Å². The van der Waals surface area contributed by atoms with E-state index in [0.29, 0.717) is 25.5 Å². The summed E-state index contributed by atoms with van der Waals surface area (Å²) in [4.78, 5) is 16.1. The van der Waals surface area contributed by atoms with Gasteiger partial charge in [0.05, 0.1) is 12.9 Å². The number of ether oxygens (including phenoxy) is 1. The van der Waals surface area contributed by atoms with Crippen LogP contribution in [-0.4, -0.2) is 23.7 Å². The van der Waals surface area contributed by atoms with Gasteiger partial charge in [-0.05, 0) is 32.0 Å². The number of pyridine rings is 1. The third kappa shape index (κ3) is 4.80. The van der Waals surface area contributed by atoms with Gasteiger partial charge in [0.25, 0.3) is 0 Å². The number of carbonyl (C=O) groups is 1. The molecule has 1 atom stereocenters. The monoisotopic (exact) mass is 303 g/mol. The molecule has 0 bridgehead atoms. The van der Waals surface area contributed by atoms with E-state index in [1.165, 1.54) is 0 Å². The van der Waals surface area contributed by atoms with E-state index in [9.17, 15) is 4.79 Å². The first kappa shape index (κ1) is 15.9. The Morgan fingerprint density at radius 3 is 3.00 bits per heavy atom. The summed E-state index contributed by atoms with van der Waals surface area (Å²) < 4.78 is 10.7. The average Bonchev–Trinajstić information content (AvgIpc) is 2.99. The largest absolute Gasteiger partial charge is 0.478 e. The van der Waals surface area contributed by atoms with Gasteiger partial charge in [0, 0.05) is 30.8 Å². The van der Waals surface area contributed by atoms with E-state index in [4.69, 9.17) is 9.15 Å². The summed E-state index contributed by atoms with van der Waals surface area (Å²) >= 11 is 0. The second-order valence-electron chi connectivity index (χ2n) is 4.91. The highest BCUT2D eigenvalue weighted by Crippen LogP contribution is 2.13. The maximum absolute atomic E-state index is 11.9. The second kappa shape index (κ2) is 8.07. The van der Waals surface area contributed by atoms with Crippen molar-refractivity contribution in [3.63, 3.8) is 0 Å². The molecular formula is C16H21N3O3. The Kier molecular flexibility index (Phi) is 5.82. The van der Waals surface area contributed by atoms with E-state index < -0.39 is 0 Å². The molecule has 0 spiro atoms. The molecule has 2 aromatic heterocycles. The number of furan rings is 1. The second-order valence-corrected chi connectivity index (χ2v) is 4.91. The van der Waals surface area contributed by atoms with Crippen LogP contribution in [0.3, 0.4) is 0 Å². The standard InChI is InChI=1S/C16H21N3O3/c1-3-21-15-13(6-4-8-17-15)11-18-16(20)19-12(2)10-14-7-5-9-22-14/h4-9,12H,3,10-11H2,1-2H3,(H2,18,19,20)/t12-/m1/s1. The Labute approximate surface area is 129 Å². The summed E-state index contributed by atoms with van der Waals surface area (Å²) in [5.41, 5.74) is 0.846. The van der Waals surface area contributed by atoms with Gasteiger partial charge in [-0.3, -0.25) is 0 Å². The number of hydrogen-bond acceptors (Lipinski definition) is 4. The lowest BCUT2D eigenvalue weighted by Crippen LogP contribution is -2.41. The molecule has 118 valence electrons. The summed E-state index contributed by atoms with van der Waals surface area (Å²) in [6, 6.07) is 7.17.